The summed E-state index contributed by atoms with van der Waals surface area (Å²) in [5.41, 5.74) is 1.67. The van der Waals surface area contributed by atoms with E-state index in [0.29, 0.717) is 16.2 Å². The van der Waals surface area contributed by atoms with Gasteiger partial charge in [-0.15, -0.1) is 0 Å². The summed E-state index contributed by atoms with van der Waals surface area (Å²) in [6.07, 6.45) is 0. The number of para-hydroxylation sites is 1. The number of fused-ring (bicyclic) bond motifs is 1. The van der Waals surface area contributed by atoms with Gasteiger partial charge in [-0.05, 0) is 49.2 Å². The average molecular weight is 382 g/mol. The summed E-state index contributed by atoms with van der Waals surface area (Å²) in [6, 6.07) is 10.7. The van der Waals surface area contributed by atoms with Gasteiger partial charge >= 0.3 is 0 Å². The van der Waals surface area contributed by atoms with Gasteiger partial charge in [-0.25, -0.2) is 8.42 Å². The van der Waals surface area contributed by atoms with Gasteiger partial charge in [0.2, 0.25) is 15.3 Å². The van der Waals surface area contributed by atoms with E-state index in [1.54, 1.807) is 31.2 Å². The van der Waals surface area contributed by atoms with Gasteiger partial charge in [-0.2, -0.15) is 0 Å². The van der Waals surface area contributed by atoms with Gasteiger partial charge < -0.3 is 10.1 Å². The molecule has 1 atom stereocenters. The number of ether oxygens (including phenoxy) is 1. The molecule has 0 fully saturated rings. The van der Waals surface area contributed by atoms with Gasteiger partial charge in [0.25, 0.3) is 0 Å². The molecule has 0 aromatic heterocycles. The van der Waals surface area contributed by atoms with Gasteiger partial charge in [-0.1, -0.05) is 28.1 Å². The summed E-state index contributed by atoms with van der Waals surface area (Å²) >= 11 is 3.35. The molecule has 1 N–H and O–H groups in total. The van der Waals surface area contributed by atoms with E-state index in [-0.39, 0.29) is 6.54 Å². The van der Waals surface area contributed by atoms with Crippen LogP contribution in [0.3, 0.4) is 0 Å². The van der Waals surface area contributed by atoms with E-state index >= 15 is 0 Å². The molecule has 3 rings (SSSR count). The molecule has 1 heterocycles. The Hall–Kier alpha value is -1.53. The molecular formula is C16H16BrNO3S. The molecule has 0 aliphatic carbocycles. The van der Waals surface area contributed by atoms with Crippen LogP contribution in [0.5, 0.6) is 5.75 Å². The van der Waals surface area contributed by atoms with Gasteiger partial charge in [0, 0.05) is 4.47 Å². The quantitative estimate of drug-likeness (QED) is 0.861. The Morgan fingerprint density at radius 3 is 2.68 bits per heavy atom. The lowest BCUT2D eigenvalue weighted by Gasteiger charge is -2.28. The van der Waals surface area contributed by atoms with Gasteiger partial charge in [0.15, 0.2) is 0 Å². The van der Waals surface area contributed by atoms with Crippen molar-refractivity contribution in [2.24, 2.45) is 0 Å². The van der Waals surface area contributed by atoms with Crippen molar-refractivity contribution in [2.45, 2.75) is 24.2 Å². The lowest BCUT2D eigenvalue weighted by atomic mass is 10.1. The maximum Gasteiger partial charge on any atom is 0.220 e. The first-order valence-corrected chi connectivity index (χ1v) is 9.24. The number of rotatable bonds is 2. The number of hydrogen-bond donors (Lipinski definition) is 1. The second-order valence-electron chi connectivity index (χ2n) is 5.33. The number of aryl methyl sites for hydroxylation is 2. The maximum absolute atomic E-state index is 12.8. The number of anilines is 1. The van der Waals surface area contributed by atoms with Crippen molar-refractivity contribution in [3.63, 3.8) is 0 Å². The topological polar surface area (TPSA) is 55.4 Å². The third-order valence-corrected chi connectivity index (χ3v) is 6.25. The van der Waals surface area contributed by atoms with E-state index < -0.39 is 15.3 Å². The van der Waals surface area contributed by atoms with Crippen LogP contribution in [0.2, 0.25) is 0 Å². The number of sulfone groups is 1. The minimum Gasteiger partial charge on any atom is -0.470 e. The molecule has 1 aliphatic heterocycles. The van der Waals surface area contributed by atoms with E-state index in [2.05, 4.69) is 21.2 Å². The number of benzene rings is 2. The molecule has 2 aromatic rings. The Kier molecular flexibility index (Phi) is 3.91. The predicted octanol–water partition coefficient (Wildman–Crippen LogP) is 3.67. The zero-order chi connectivity index (χ0) is 15.9. The molecule has 22 heavy (non-hydrogen) atoms. The van der Waals surface area contributed by atoms with Crippen LogP contribution in [0.1, 0.15) is 11.1 Å². The molecular weight excluding hydrogens is 366 g/mol. The highest BCUT2D eigenvalue weighted by atomic mass is 79.9. The van der Waals surface area contributed by atoms with Crippen LogP contribution < -0.4 is 10.1 Å². The first kappa shape index (κ1) is 15.4. The molecule has 0 saturated heterocycles. The number of hydrogen-bond acceptors (Lipinski definition) is 4. The minimum atomic E-state index is -3.57. The molecule has 6 heteroatoms. The zero-order valence-corrected chi connectivity index (χ0v) is 14.7. The molecule has 1 aliphatic rings. The summed E-state index contributed by atoms with van der Waals surface area (Å²) in [4.78, 5) is 0.304. The maximum atomic E-state index is 12.8. The van der Waals surface area contributed by atoms with E-state index in [1.807, 2.05) is 19.1 Å². The summed E-state index contributed by atoms with van der Waals surface area (Å²) in [7, 11) is -3.57. The Morgan fingerprint density at radius 1 is 1.18 bits per heavy atom. The van der Waals surface area contributed by atoms with Gasteiger partial charge in [0.05, 0.1) is 17.1 Å². The average Bonchev–Trinajstić information content (AvgIpc) is 2.46. The fraction of sp³-hybridized carbons (Fsp3) is 0.250. The second kappa shape index (κ2) is 5.59. The zero-order valence-electron chi connectivity index (χ0n) is 12.3. The predicted molar refractivity (Wildman–Crippen MR) is 90.1 cm³/mol. The SMILES string of the molecule is Cc1cc(Br)ccc1S(=O)(=O)C1CNc2c(C)cccc2O1. The summed E-state index contributed by atoms with van der Waals surface area (Å²) in [5.74, 6) is 0.578. The van der Waals surface area contributed by atoms with Crippen molar-refractivity contribution in [1.29, 1.82) is 0 Å². The largest absolute Gasteiger partial charge is 0.470 e. The molecule has 4 nitrogen and oxygen atoms in total. The van der Waals surface area contributed by atoms with Crippen molar-refractivity contribution in [3.05, 3.63) is 52.0 Å². The fourth-order valence-corrected chi connectivity index (χ4v) is 4.64. The van der Waals surface area contributed by atoms with Crippen LogP contribution in [0.4, 0.5) is 5.69 Å². The molecule has 0 spiro atoms. The molecule has 0 radical (unpaired) electrons. The van der Waals surface area contributed by atoms with E-state index in [9.17, 15) is 8.42 Å². The molecule has 2 aromatic carbocycles. The lowest BCUT2D eigenvalue weighted by Crippen LogP contribution is -2.38. The first-order chi connectivity index (χ1) is 10.4. The Bertz CT molecular complexity index is 833. The molecule has 0 amide bonds. The van der Waals surface area contributed by atoms with Crippen molar-refractivity contribution in [3.8, 4) is 5.75 Å². The van der Waals surface area contributed by atoms with E-state index in [0.717, 1.165) is 15.7 Å². The smallest absolute Gasteiger partial charge is 0.220 e. The highest BCUT2D eigenvalue weighted by molar-refractivity contribution is 9.10. The lowest BCUT2D eigenvalue weighted by molar-refractivity contribution is 0.275. The Morgan fingerprint density at radius 2 is 1.95 bits per heavy atom. The van der Waals surface area contributed by atoms with Crippen LogP contribution >= 0.6 is 15.9 Å². The van der Waals surface area contributed by atoms with Crippen LogP contribution in [0.25, 0.3) is 0 Å². The molecule has 0 saturated carbocycles. The van der Waals surface area contributed by atoms with Gasteiger partial charge in [0.1, 0.15) is 5.75 Å². The van der Waals surface area contributed by atoms with E-state index in [1.165, 1.54) is 0 Å². The fourth-order valence-electron chi connectivity index (χ4n) is 2.58. The van der Waals surface area contributed by atoms with Crippen LogP contribution in [0.15, 0.2) is 45.8 Å². The second-order valence-corrected chi connectivity index (χ2v) is 8.30. The number of nitrogens with one attached hydrogen (secondary N) is 1. The van der Waals surface area contributed by atoms with Crippen molar-refractivity contribution in [1.82, 2.24) is 0 Å². The van der Waals surface area contributed by atoms with Gasteiger partial charge in [-0.3, -0.25) is 0 Å². The van der Waals surface area contributed by atoms with Crippen LogP contribution in [-0.2, 0) is 9.84 Å². The standard InChI is InChI=1S/C16H16BrNO3S/c1-10-4-3-5-13-16(10)18-9-15(21-13)22(19,20)14-7-6-12(17)8-11(14)2/h3-8,15,18H,9H2,1-2H3. The third-order valence-electron chi connectivity index (χ3n) is 3.73. The molecule has 0 bridgehead atoms. The van der Waals surface area contributed by atoms with Crippen molar-refractivity contribution in [2.75, 3.05) is 11.9 Å². The Labute approximate surface area is 138 Å². The summed E-state index contributed by atoms with van der Waals surface area (Å²) < 4.78 is 32.3. The van der Waals surface area contributed by atoms with Crippen molar-refractivity contribution >= 4 is 31.5 Å². The van der Waals surface area contributed by atoms with Crippen molar-refractivity contribution < 1.29 is 13.2 Å². The minimum absolute atomic E-state index is 0.232. The van der Waals surface area contributed by atoms with E-state index in [4.69, 9.17) is 4.74 Å². The highest BCUT2D eigenvalue weighted by Crippen LogP contribution is 2.35. The summed E-state index contributed by atoms with van der Waals surface area (Å²) in [5, 5.41) is 3.17. The normalized spacial score (nSPS) is 17.3. The molecule has 116 valence electrons. The number of halogens is 1. The Balaban J connectivity index is 1.98. The first-order valence-electron chi connectivity index (χ1n) is 6.90. The van der Waals surface area contributed by atoms with Crippen LogP contribution in [-0.4, -0.2) is 20.4 Å². The van der Waals surface area contributed by atoms with Crippen LogP contribution in [0, 0.1) is 13.8 Å². The third kappa shape index (κ3) is 2.61. The summed E-state index contributed by atoms with van der Waals surface area (Å²) in [6.45, 7) is 3.98. The molecule has 1 unspecified atom stereocenters. The monoisotopic (exact) mass is 381 g/mol. The highest BCUT2D eigenvalue weighted by Gasteiger charge is 2.34.